The summed E-state index contributed by atoms with van der Waals surface area (Å²) in [6, 6.07) is 12.7. The van der Waals surface area contributed by atoms with Crippen LogP contribution in [0.3, 0.4) is 0 Å². The lowest BCUT2D eigenvalue weighted by Gasteiger charge is -2.26. The molecule has 2 heterocycles. The second-order valence-electron chi connectivity index (χ2n) is 7.60. The maximum Gasteiger partial charge on any atom is 0.248 e. The minimum atomic E-state index is -3.19. The van der Waals surface area contributed by atoms with Gasteiger partial charge in [-0.25, -0.2) is 8.42 Å². The van der Waals surface area contributed by atoms with E-state index in [1.807, 2.05) is 30.3 Å². The largest absolute Gasteiger partial charge is 0.495 e. The van der Waals surface area contributed by atoms with Crippen LogP contribution in [-0.4, -0.2) is 56.5 Å². The number of hydrogen-bond donors (Lipinski definition) is 0. The summed E-state index contributed by atoms with van der Waals surface area (Å²) in [4.78, 5) is 18.8. The molecule has 0 radical (unpaired) electrons. The molecule has 7 nitrogen and oxygen atoms in total. The maximum absolute atomic E-state index is 12.7. The van der Waals surface area contributed by atoms with Gasteiger partial charge in [0.05, 0.1) is 42.5 Å². The second-order valence-corrected chi connectivity index (χ2v) is 11.4. The van der Waals surface area contributed by atoms with Crippen LogP contribution < -0.4 is 14.4 Å². The van der Waals surface area contributed by atoms with Crippen LogP contribution in [0.5, 0.6) is 11.5 Å². The Morgan fingerprint density at radius 3 is 2.56 bits per heavy atom. The molecule has 2 fully saturated rings. The van der Waals surface area contributed by atoms with E-state index < -0.39 is 9.84 Å². The first kappa shape index (κ1) is 22.9. The number of benzene rings is 2. The molecule has 0 aromatic heterocycles. The van der Waals surface area contributed by atoms with Crippen molar-refractivity contribution >= 4 is 50.0 Å². The quantitative estimate of drug-likeness (QED) is 0.606. The number of nitrogens with zero attached hydrogens (tertiary/aromatic N) is 2. The Morgan fingerprint density at radius 2 is 1.88 bits per heavy atom. The molecule has 2 atom stereocenters. The van der Waals surface area contributed by atoms with Crippen LogP contribution in [0.2, 0.25) is 5.02 Å². The van der Waals surface area contributed by atoms with Crippen molar-refractivity contribution in [2.24, 2.45) is 4.99 Å². The third-order valence-corrected chi connectivity index (χ3v) is 8.98. The van der Waals surface area contributed by atoms with Gasteiger partial charge in [0.2, 0.25) is 5.91 Å². The number of halogens is 1. The zero-order valence-corrected chi connectivity index (χ0v) is 20.0. The molecular formula is C22H23ClN2O5S2. The Balaban J connectivity index is 1.67. The molecule has 32 heavy (non-hydrogen) atoms. The number of amides is 1. The molecule has 2 aromatic carbocycles. The molecule has 2 saturated heterocycles. The molecule has 0 unspecified atom stereocenters. The molecule has 0 aliphatic carbocycles. The van der Waals surface area contributed by atoms with Gasteiger partial charge in [-0.2, -0.15) is 4.99 Å². The van der Waals surface area contributed by atoms with Crippen molar-refractivity contribution in [1.29, 1.82) is 0 Å². The topological polar surface area (TPSA) is 85.3 Å². The van der Waals surface area contributed by atoms with Gasteiger partial charge in [0, 0.05) is 17.7 Å². The molecule has 170 valence electrons. The molecular weight excluding hydrogens is 472 g/mol. The summed E-state index contributed by atoms with van der Waals surface area (Å²) in [7, 11) is -0.170. The van der Waals surface area contributed by atoms with E-state index in [2.05, 4.69) is 4.99 Å². The molecule has 10 heteroatoms. The number of anilines is 1. The van der Waals surface area contributed by atoms with Crippen LogP contribution in [0.15, 0.2) is 47.5 Å². The Kier molecular flexibility index (Phi) is 6.69. The fraction of sp³-hybridized carbons (Fsp3) is 0.364. The third-order valence-electron chi connectivity index (χ3n) is 5.47. The van der Waals surface area contributed by atoms with Crippen molar-refractivity contribution in [3.63, 3.8) is 0 Å². The first-order valence-electron chi connectivity index (χ1n) is 10.0. The van der Waals surface area contributed by atoms with Gasteiger partial charge in [-0.05, 0) is 18.1 Å². The Bertz CT molecular complexity index is 1150. The van der Waals surface area contributed by atoms with E-state index in [-0.39, 0.29) is 35.1 Å². The number of fused-ring (bicyclic) bond motifs is 1. The van der Waals surface area contributed by atoms with E-state index >= 15 is 0 Å². The number of sulfone groups is 1. The monoisotopic (exact) mass is 494 g/mol. The molecule has 4 rings (SSSR count). The van der Waals surface area contributed by atoms with Crippen LogP contribution in [0.4, 0.5) is 5.69 Å². The number of carbonyl (C=O) groups excluding carboxylic acids is 1. The predicted molar refractivity (Wildman–Crippen MR) is 128 cm³/mol. The molecule has 0 bridgehead atoms. The Morgan fingerprint density at radius 1 is 1.16 bits per heavy atom. The highest BCUT2D eigenvalue weighted by atomic mass is 35.5. The lowest BCUT2D eigenvalue weighted by atomic mass is 10.1. The summed E-state index contributed by atoms with van der Waals surface area (Å²) in [6.45, 7) is 0. The van der Waals surface area contributed by atoms with Crippen molar-refractivity contribution in [2.45, 2.75) is 24.1 Å². The highest BCUT2D eigenvalue weighted by Gasteiger charge is 2.50. The summed E-state index contributed by atoms with van der Waals surface area (Å²) < 4.78 is 35.4. The van der Waals surface area contributed by atoms with Crippen LogP contribution in [-0.2, 0) is 21.1 Å². The van der Waals surface area contributed by atoms with E-state index in [1.54, 1.807) is 17.0 Å². The molecule has 0 N–H and O–H groups in total. The van der Waals surface area contributed by atoms with Gasteiger partial charge in [0.15, 0.2) is 15.0 Å². The van der Waals surface area contributed by atoms with Crippen molar-refractivity contribution in [3.05, 3.63) is 53.1 Å². The van der Waals surface area contributed by atoms with Gasteiger partial charge >= 0.3 is 0 Å². The minimum absolute atomic E-state index is 0.0192. The van der Waals surface area contributed by atoms with Gasteiger partial charge in [0.25, 0.3) is 0 Å². The predicted octanol–water partition coefficient (Wildman–Crippen LogP) is 3.59. The summed E-state index contributed by atoms with van der Waals surface area (Å²) in [5, 5.41) is 0.603. The van der Waals surface area contributed by atoms with Gasteiger partial charge < -0.3 is 14.4 Å². The first-order valence-corrected chi connectivity index (χ1v) is 13.1. The number of ether oxygens (including phenoxy) is 2. The number of carbonyl (C=O) groups is 1. The number of methoxy groups -OCH3 is 2. The number of hydrogen-bond acceptors (Lipinski definition) is 6. The van der Waals surface area contributed by atoms with Crippen molar-refractivity contribution in [3.8, 4) is 11.5 Å². The first-order chi connectivity index (χ1) is 15.3. The van der Waals surface area contributed by atoms with Gasteiger partial charge in [-0.15, -0.1) is 0 Å². The zero-order valence-electron chi connectivity index (χ0n) is 17.7. The van der Waals surface area contributed by atoms with Gasteiger partial charge in [-0.1, -0.05) is 53.7 Å². The summed E-state index contributed by atoms with van der Waals surface area (Å²) in [5.41, 5.74) is 1.62. The number of amidine groups is 1. The number of thioether (sulfide) groups is 1. The maximum atomic E-state index is 12.7. The van der Waals surface area contributed by atoms with Crippen molar-refractivity contribution < 1.29 is 22.7 Å². The molecule has 2 aliphatic rings. The Labute approximate surface area is 196 Å². The molecule has 2 aromatic rings. The SMILES string of the molecule is COc1cc(OC)c(N2C(=NC(=O)CCc3ccccc3)S[C@@H]3CS(=O)(=O)C[C@H]32)cc1Cl. The average molecular weight is 495 g/mol. The van der Waals surface area contributed by atoms with Gasteiger partial charge in [-0.3, -0.25) is 4.79 Å². The standard InChI is InChI=1S/C22H23ClN2O5S2/c1-29-18-11-19(30-2)16(10-15(18)23)25-17-12-32(27,28)13-20(17)31-22(25)24-21(26)9-8-14-6-4-3-5-7-14/h3-7,10-11,17,20H,8-9,12-13H2,1-2H3/t17-,20-/m1/s1. The van der Waals surface area contributed by atoms with Crippen molar-refractivity contribution in [2.75, 3.05) is 30.6 Å². The summed E-state index contributed by atoms with van der Waals surface area (Å²) in [5.74, 6) is 0.660. The number of aryl methyl sites for hydroxylation is 1. The van der Waals surface area contributed by atoms with E-state index in [4.69, 9.17) is 21.1 Å². The van der Waals surface area contributed by atoms with E-state index in [0.29, 0.717) is 33.8 Å². The van der Waals surface area contributed by atoms with E-state index in [1.165, 1.54) is 26.0 Å². The highest BCUT2D eigenvalue weighted by Crippen LogP contribution is 2.46. The third kappa shape index (κ3) is 4.74. The zero-order chi connectivity index (χ0) is 22.9. The summed E-state index contributed by atoms with van der Waals surface area (Å²) in [6.07, 6.45) is 0.843. The van der Waals surface area contributed by atoms with Crippen LogP contribution in [0.25, 0.3) is 0 Å². The fourth-order valence-electron chi connectivity index (χ4n) is 3.94. The van der Waals surface area contributed by atoms with Crippen LogP contribution in [0.1, 0.15) is 12.0 Å². The molecule has 1 amide bonds. The normalized spacial score (nSPS) is 22.7. The van der Waals surface area contributed by atoms with Gasteiger partial charge in [0.1, 0.15) is 11.5 Å². The van der Waals surface area contributed by atoms with Crippen molar-refractivity contribution in [1.82, 2.24) is 0 Å². The summed E-state index contributed by atoms with van der Waals surface area (Å²) >= 11 is 7.69. The number of aliphatic imine (C=N–C) groups is 1. The van der Waals surface area contributed by atoms with E-state index in [0.717, 1.165) is 5.56 Å². The van der Waals surface area contributed by atoms with Crippen LogP contribution >= 0.6 is 23.4 Å². The molecule has 0 spiro atoms. The minimum Gasteiger partial charge on any atom is -0.495 e. The number of rotatable bonds is 6. The molecule has 2 aliphatic heterocycles. The molecule has 0 saturated carbocycles. The Hall–Kier alpha value is -2.23. The lowest BCUT2D eigenvalue weighted by Crippen LogP contribution is -2.38. The second kappa shape index (κ2) is 9.33. The fourth-order valence-corrected chi connectivity index (χ4v) is 8.10. The van der Waals surface area contributed by atoms with Crippen LogP contribution in [0, 0.1) is 0 Å². The lowest BCUT2D eigenvalue weighted by molar-refractivity contribution is -0.117. The average Bonchev–Trinajstić information content (AvgIpc) is 3.23. The highest BCUT2D eigenvalue weighted by molar-refractivity contribution is 8.16. The van der Waals surface area contributed by atoms with E-state index in [9.17, 15) is 13.2 Å². The smallest absolute Gasteiger partial charge is 0.248 e.